The third-order valence-electron chi connectivity index (χ3n) is 9.05. The normalized spacial score (nSPS) is 46.4. The van der Waals surface area contributed by atoms with Crippen LogP contribution in [0.15, 0.2) is 11.4 Å². The monoisotopic (exact) mass is 405 g/mol. The molecule has 29 heavy (non-hydrogen) atoms. The lowest BCUT2D eigenvalue weighted by molar-refractivity contribution is 0.0240. The minimum atomic E-state index is 0.160. The average molecular weight is 406 g/mol. The van der Waals surface area contributed by atoms with Crippen molar-refractivity contribution in [1.82, 2.24) is 15.5 Å². The number of rotatable bonds is 4. The molecule has 4 nitrogen and oxygen atoms in total. The molecule has 1 saturated carbocycles. The number of fused-ring (bicyclic) bond motifs is 1. The quantitative estimate of drug-likeness (QED) is 0.745. The van der Waals surface area contributed by atoms with Gasteiger partial charge in [0.05, 0.1) is 18.1 Å². The highest BCUT2D eigenvalue weighted by Crippen LogP contribution is 2.44. The van der Waals surface area contributed by atoms with E-state index in [-0.39, 0.29) is 5.83 Å². The molecular weight excluding hydrogens is 365 g/mol. The van der Waals surface area contributed by atoms with Crippen LogP contribution < -0.4 is 10.6 Å². The summed E-state index contributed by atoms with van der Waals surface area (Å²) in [4.78, 5) is 2.83. The Bertz CT molecular complexity index is 625. The van der Waals surface area contributed by atoms with E-state index in [4.69, 9.17) is 4.74 Å². The highest BCUT2D eigenvalue weighted by Gasteiger charge is 2.49. The molecule has 0 aromatic carbocycles. The van der Waals surface area contributed by atoms with Crippen LogP contribution in [0.1, 0.15) is 64.7 Å². The summed E-state index contributed by atoms with van der Waals surface area (Å²) in [5, 5.41) is 7.72. The molecule has 5 rings (SSSR count). The Morgan fingerprint density at radius 3 is 2.76 bits per heavy atom. The molecule has 5 heteroatoms. The highest BCUT2D eigenvalue weighted by atomic mass is 19.1. The molecule has 0 amide bonds. The Kier molecular flexibility index (Phi) is 6.03. The van der Waals surface area contributed by atoms with Crippen molar-refractivity contribution in [3.05, 3.63) is 11.4 Å². The molecule has 3 aliphatic heterocycles. The molecular formula is C24H40FN3O. The van der Waals surface area contributed by atoms with Crippen molar-refractivity contribution < 1.29 is 9.13 Å². The predicted molar refractivity (Wildman–Crippen MR) is 114 cm³/mol. The van der Waals surface area contributed by atoms with Gasteiger partial charge in [-0.2, -0.15) is 0 Å². The molecule has 3 saturated heterocycles. The van der Waals surface area contributed by atoms with E-state index in [1.165, 1.54) is 45.1 Å². The maximum Gasteiger partial charge on any atom is 0.0989 e. The van der Waals surface area contributed by atoms with Gasteiger partial charge in [0.15, 0.2) is 0 Å². The lowest BCUT2D eigenvalue weighted by Gasteiger charge is -2.37. The highest BCUT2D eigenvalue weighted by molar-refractivity contribution is 5.12. The summed E-state index contributed by atoms with van der Waals surface area (Å²) >= 11 is 0. The maximum absolute atomic E-state index is 13.9. The summed E-state index contributed by atoms with van der Waals surface area (Å²) in [5.74, 6) is 3.12. The van der Waals surface area contributed by atoms with Crippen molar-refractivity contribution in [2.75, 3.05) is 26.7 Å². The van der Waals surface area contributed by atoms with Crippen LogP contribution in [0.5, 0.6) is 0 Å². The topological polar surface area (TPSA) is 36.5 Å². The number of nitrogens with one attached hydrogen (secondary N) is 2. The van der Waals surface area contributed by atoms with Gasteiger partial charge in [-0.05, 0) is 94.1 Å². The van der Waals surface area contributed by atoms with E-state index < -0.39 is 0 Å². The van der Waals surface area contributed by atoms with Gasteiger partial charge in [0, 0.05) is 32.3 Å². The molecule has 0 aromatic heterocycles. The molecule has 8 atom stereocenters. The first kappa shape index (κ1) is 20.4. The summed E-state index contributed by atoms with van der Waals surface area (Å²) in [6.07, 6.45) is 11.4. The predicted octanol–water partition coefficient (Wildman–Crippen LogP) is 3.83. The molecule has 0 spiro atoms. The van der Waals surface area contributed by atoms with Gasteiger partial charge in [-0.3, -0.25) is 10.2 Å². The first-order chi connectivity index (χ1) is 14.1. The summed E-state index contributed by atoms with van der Waals surface area (Å²) in [7, 11) is 1.88. The molecule has 0 radical (unpaired) electrons. The first-order valence-electron chi connectivity index (χ1n) is 12.2. The molecule has 5 aliphatic rings. The zero-order chi connectivity index (χ0) is 20.0. The van der Waals surface area contributed by atoms with Crippen molar-refractivity contribution in [2.45, 2.75) is 89.1 Å². The van der Waals surface area contributed by atoms with Gasteiger partial charge < -0.3 is 10.1 Å². The molecule has 0 aromatic rings. The van der Waals surface area contributed by atoms with E-state index >= 15 is 0 Å². The second-order valence-electron chi connectivity index (χ2n) is 10.6. The lowest BCUT2D eigenvalue weighted by atomic mass is 9.74. The number of halogens is 1. The van der Waals surface area contributed by atoms with Crippen LogP contribution in [0, 0.1) is 23.7 Å². The Morgan fingerprint density at radius 1 is 1.03 bits per heavy atom. The first-order valence-corrected chi connectivity index (χ1v) is 12.2. The zero-order valence-electron chi connectivity index (χ0n) is 18.3. The SMILES string of the molecule is COC1CCCC(C2NCC3CC(C4CCNC4C4CCC(F)=C(C)C4)CN32)C1. The summed E-state index contributed by atoms with van der Waals surface area (Å²) < 4.78 is 19.6. The molecule has 4 fully saturated rings. The van der Waals surface area contributed by atoms with Gasteiger partial charge in [-0.15, -0.1) is 0 Å². The summed E-state index contributed by atoms with van der Waals surface area (Å²) in [6.45, 7) is 5.58. The molecule has 2 N–H and O–H groups in total. The Hall–Kier alpha value is -0.490. The van der Waals surface area contributed by atoms with Crippen molar-refractivity contribution in [1.29, 1.82) is 0 Å². The number of hydrogen-bond acceptors (Lipinski definition) is 4. The van der Waals surface area contributed by atoms with Crippen LogP contribution in [-0.2, 0) is 4.74 Å². The van der Waals surface area contributed by atoms with Gasteiger partial charge in [-0.25, -0.2) is 4.39 Å². The second kappa shape index (κ2) is 8.57. The fourth-order valence-electron chi connectivity index (χ4n) is 7.56. The van der Waals surface area contributed by atoms with Crippen molar-refractivity contribution in [3.63, 3.8) is 0 Å². The van der Waals surface area contributed by atoms with Gasteiger partial charge in [-0.1, -0.05) is 6.42 Å². The van der Waals surface area contributed by atoms with E-state index in [0.29, 0.717) is 30.7 Å². The molecule has 8 unspecified atom stereocenters. The largest absolute Gasteiger partial charge is 0.381 e. The number of ether oxygens (including phenoxy) is 1. The number of methoxy groups -OCH3 is 1. The summed E-state index contributed by atoms with van der Waals surface area (Å²) in [6, 6.07) is 1.32. The van der Waals surface area contributed by atoms with Crippen LogP contribution in [0.2, 0.25) is 0 Å². The molecule has 164 valence electrons. The maximum atomic E-state index is 13.9. The standard InChI is InChI=1S/C24H40FN3O/c1-15-10-16(6-7-22(15)25)23-21(8-9-26-23)18-11-19-13-27-24(28(19)14-18)17-4-3-5-20(12-17)29-2/h16-21,23-24,26-27H,3-14H2,1-2H3. The van der Waals surface area contributed by atoms with Gasteiger partial charge in [0.2, 0.25) is 0 Å². The number of allylic oxidation sites excluding steroid dienone is 2. The van der Waals surface area contributed by atoms with Crippen LogP contribution in [0.3, 0.4) is 0 Å². The van der Waals surface area contributed by atoms with Crippen LogP contribution in [0.25, 0.3) is 0 Å². The van der Waals surface area contributed by atoms with Crippen molar-refractivity contribution >= 4 is 0 Å². The van der Waals surface area contributed by atoms with Gasteiger partial charge in [0.25, 0.3) is 0 Å². The van der Waals surface area contributed by atoms with E-state index in [0.717, 1.165) is 55.3 Å². The van der Waals surface area contributed by atoms with E-state index in [1.807, 2.05) is 14.0 Å². The van der Waals surface area contributed by atoms with E-state index in [9.17, 15) is 4.39 Å². The number of hydrogen-bond donors (Lipinski definition) is 2. The smallest absolute Gasteiger partial charge is 0.0989 e. The molecule has 2 aliphatic carbocycles. The van der Waals surface area contributed by atoms with E-state index in [2.05, 4.69) is 15.5 Å². The third-order valence-corrected chi connectivity index (χ3v) is 9.05. The Labute approximate surface area is 176 Å². The fourth-order valence-corrected chi connectivity index (χ4v) is 7.56. The minimum Gasteiger partial charge on any atom is -0.381 e. The molecule has 3 heterocycles. The Balaban J connectivity index is 1.23. The molecule has 0 bridgehead atoms. The fraction of sp³-hybridized carbons (Fsp3) is 0.917. The Morgan fingerprint density at radius 2 is 1.93 bits per heavy atom. The third kappa shape index (κ3) is 3.93. The van der Waals surface area contributed by atoms with Crippen molar-refractivity contribution in [3.8, 4) is 0 Å². The minimum absolute atomic E-state index is 0.160. The average Bonchev–Trinajstić information content (AvgIpc) is 3.45. The van der Waals surface area contributed by atoms with Crippen molar-refractivity contribution in [2.24, 2.45) is 23.7 Å². The number of nitrogens with zero attached hydrogens (tertiary/aromatic N) is 1. The van der Waals surface area contributed by atoms with Gasteiger partial charge >= 0.3 is 0 Å². The summed E-state index contributed by atoms with van der Waals surface area (Å²) in [5.41, 5.74) is 1.01. The zero-order valence-corrected chi connectivity index (χ0v) is 18.3. The lowest BCUT2D eigenvalue weighted by Crippen LogP contribution is -2.46. The van der Waals surface area contributed by atoms with Crippen LogP contribution in [-0.4, -0.2) is 56.0 Å². The second-order valence-corrected chi connectivity index (χ2v) is 10.6. The van der Waals surface area contributed by atoms with Crippen LogP contribution >= 0.6 is 0 Å². The van der Waals surface area contributed by atoms with Gasteiger partial charge in [0.1, 0.15) is 0 Å². The van der Waals surface area contributed by atoms with Crippen LogP contribution in [0.4, 0.5) is 4.39 Å². The van der Waals surface area contributed by atoms with E-state index in [1.54, 1.807) is 0 Å².